The van der Waals surface area contributed by atoms with Crippen LogP contribution in [-0.4, -0.2) is 30.6 Å². The molecule has 150 valence electrons. The maximum Gasteiger partial charge on any atom is 0.267 e. The van der Waals surface area contributed by atoms with Crippen LogP contribution in [0, 0.1) is 0 Å². The molecular formula is C22H20Cl2N2O3. The minimum Gasteiger partial charge on any atom is -0.381 e. The largest absolute Gasteiger partial charge is 0.381 e. The highest BCUT2D eigenvalue weighted by Crippen LogP contribution is 2.39. The van der Waals surface area contributed by atoms with Gasteiger partial charge in [0.1, 0.15) is 5.69 Å². The molecule has 2 N–H and O–H groups in total. The maximum atomic E-state index is 12.8. The third kappa shape index (κ3) is 4.04. The number of halogens is 2. The number of benzene rings is 2. The Kier molecular flexibility index (Phi) is 5.63. The number of ether oxygens (including phenoxy) is 1. The van der Waals surface area contributed by atoms with E-state index in [1.807, 2.05) is 24.3 Å². The van der Waals surface area contributed by atoms with Gasteiger partial charge in [0.05, 0.1) is 0 Å². The van der Waals surface area contributed by atoms with Crippen molar-refractivity contribution in [2.24, 2.45) is 0 Å². The molecule has 0 radical (unpaired) electrons. The van der Waals surface area contributed by atoms with Crippen LogP contribution in [0.2, 0.25) is 10.0 Å². The van der Waals surface area contributed by atoms with Crippen LogP contribution in [-0.2, 0) is 10.2 Å². The highest BCUT2D eigenvalue weighted by Gasteiger charge is 2.36. The van der Waals surface area contributed by atoms with Gasteiger partial charge in [0.2, 0.25) is 0 Å². The molecule has 0 unspecified atom stereocenters. The van der Waals surface area contributed by atoms with E-state index in [0.29, 0.717) is 35.2 Å². The number of pyridine rings is 1. The molecule has 1 aliphatic rings. The molecule has 2 heterocycles. The number of rotatable bonds is 4. The van der Waals surface area contributed by atoms with Crippen LogP contribution in [0.3, 0.4) is 0 Å². The molecule has 5 nitrogen and oxygen atoms in total. The second kappa shape index (κ2) is 8.19. The summed E-state index contributed by atoms with van der Waals surface area (Å²) in [5, 5.41) is 5.41. The number of amides is 1. The fourth-order valence-corrected chi connectivity index (χ4v) is 4.51. The zero-order valence-corrected chi connectivity index (χ0v) is 17.1. The van der Waals surface area contributed by atoms with Crippen molar-refractivity contribution in [1.29, 1.82) is 0 Å². The second-order valence-electron chi connectivity index (χ2n) is 7.30. The summed E-state index contributed by atoms with van der Waals surface area (Å²) >= 11 is 12.5. The zero-order valence-electron chi connectivity index (χ0n) is 15.6. The Hall–Kier alpha value is -2.34. The minimum absolute atomic E-state index is 0.234. The molecule has 0 aliphatic carbocycles. The Labute approximate surface area is 178 Å². The van der Waals surface area contributed by atoms with E-state index < -0.39 is 0 Å². The summed E-state index contributed by atoms with van der Waals surface area (Å²) < 4.78 is 5.54. The molecule has 2 aromatic carbocycles. The van der Waals surface area contributed by atoms with Crippen molar-refractivity contribution in [2.75, 3.05) is 19.8 Å². The number of carbonyl (C=O) groups excluding carboxylic acids is 1. The Morgan fingerprint density at radius 3 is 2.62 bits per heavy atom. The lowest BCUT2D eigenvalue weighted by Crippen LogP contribution is -2.45. The van der Waals surface area contributed by atoms with Crippen molar-refractivity contribution in [2.45, 2.75) is 18.3 Å². The topological polar surface area (TPSA) is 71.2 Å². The molecular weight excluding hydrogens is 411 g/mol. The summed E-state index contributed by atoms with van der Waals surface area (Å²) in [4.78, 5) is 27.8. The van der Waals surface area contributed by atoms with Gasteiger partial charge in [-0.1, -0.05) is 47.5 Å². The van der Waals surface area contributed by atoms with Crippen molar-refractivity contribution < 1.29 is 9.53 Å². The highest BCUT2D eigenvalue weighted by atomic mass is 35.5. The summed E-state index contributed by atoms with van der Waals surface area (Å²) in [6.45, 7) is 1.55. The first-order valence-electron chi connectivity index (χ1n) is 9.42. The van der Waals surface area contributed by atoms with E-state index in [-0.39, 0.29) is 22.6 Å². The second-order valence-corrected chi connectivity index (χ2v) is 8.14. The van der Waals surface area contributed by atoms with Crippen LogP contribution in [0.25, 0.3) is 10.8 Å². The van der Waals surface area contributed by atoms with Gasteiger partial charge in [-0.2, -0.15) is 0 Å². The quantitative estimate of drug-likeness (QED) is 0.647. The van der Waals surface area contributed by atoms with Gasteiger partial charge in [-0.3, -0.25) is 9.59 Å². The number of aromatic amines is 1. The summed E-state index contributed by atoms with van der Waals surface area (Å²) in [5.74, 6) is -0.330. The normalized spacial score (nSPS) is 15.9. The van der Waals surface area contributed by atoms with E-state index in [1.54, 1.807) is 24.3 Å². The van der Waals surface area contributed by atoms with Gasteiger partial charge in [0.25, 0.3) is 11.5 Å². The number of aromatic nitrogens is 1. The van der Waals surface area contributed by atoms with Gasteiger partial charge < -0.3 is 15.0 Å². The van der Waals surface area contributed by atoms with E-state index >= 15 is 0 Å². The van der Waals surface area contributed by atoms with E-state index in [2.05, 4.69) is 10.3 Å². The zero-order chi connectivity index (χ0) is 20.4. The van der Waals surface area contributed by atoms with Crippen molar-refractivity contribution in [3.63, 3.8) is 0 Å². The van der Waals surface area contributed by atoms with E-state index in [1.165, 1.54) is 0 Å². The van der Waals surface area contributed by atoms with Crippen molar-refractivity contribution in [3.8, 4) is 0 Å². The Morgan fingerprint density at radius 1 is 1.10 bits per heavy atom. The van der Waals surface area contributed by atoms with Gasteiger partial charge >= 0.3 is 0 Å². The monoisotopic (exact) mass is 430 g/mol. The average molecular weight is 431 g/mol. The average Bonchev–Trinajstić information content (AvgIpc) is 2.72. The van der Waals surface area contributed by atoms with Crippen molar-refractivity contribution in [1.82, 2.24) is 10.3 Å². The van der Waals surface area contributed by atoms with Gasteiger partial charge in [0, 0.05) is 40.6 Å². The summed E-state index contributed by atoms with van der Waals surface area (Å²) in [5.41, 5.74) is 0.541. The summed E-state index contributed by atoms with van der Waals surface area (Å²) in [7, 11) is 0. The Balaban J connectivity index is 1.61. The number of hydrogen-bond acceptors (Lipinski definition) is 3. The molecule has 29 heavy (non-hydrogen) atoms. The standard InChI is InChI=1S/C22H20Cl2N2O3/c23-15-5-6-17(18(24)12-15)22(7-9-29-10-8-22)13-25-21(28)19-11-14-3-1-2-4-16(14)20(27)26-19/h1-6,11-12H,7-10,13H2,(H,25,28)(H,26,27). The number of fused-ring (bicyclic) bond motifs is 1. The van der Waals surface area contributed by atoms with Crippen LogP contribution in [0.5, 0.6) is 0 Å². The molecule has 3 aromatic rings. The van der Waals surface area contributed by atoms with Crippen LogP contribution in [0.1, 0.15) is 28.9 Å². The van der Waals surface area contributed by atoms with Gasteiger partial charge in [-0.25, -0.2) is 0 Å². The van der Waals surface area contributed by atoms with Crippen LogP contribution >= 0.6 is 23.2 Å². The molecule has 1 aromatic heterocycles. The van der Waals surface area contributed by atoms with Crippen LogP contribution in [0.15, 0.2) is 53.3 Å². The van der Waals surface area contributed by atoms with Gasteiger partial charge in [-0.05, 0) is 48.1 Å². The molecule has 0 spiro atoms. The lowest BCUT2D eigenvalue weighted by Gasteiger charge is -2.38. The molecule has 0 bridgehead atoms. The molecule has 1 fully saturated rings. The first-order valence-corrected chi connectivity index (χ1v) is 10.2. The third-order valence-corrected chi connectivity index (χ3v) is 6.09. The first-order chi connectivity index (χ1) is 14.0. The molecule has 1 aliphatic heterocycles. The summed E-state index contributed by atoms with van der Waals surface area (Å²) in [6, 6.07) is 14.3. The Morgan fingerprint density at radius 2 is 1.86 bits per heavy atom. The van der Waals surface area contributed by atoms with Crippen LogP contribution < -0.4 is 10.9 Å². The molecule has 0 saturated carbocycles. The lowest BCUT2D eigenvalue weighted by molar-refractivity contribution is 0.0487. The van der Waals surface area contributed by atoms with E-state index in [9.17, 15) is 9.59 Å². The number of hydrogen-bond donors (Lipinski definition) is 2. The maximum absolute atomic E-state index is 12.8. The number of carbonyl (C=O) groups is 1. The molecule has 7 heteroatoms. The first kappa shape index (κ1) is 20.0. The minimum atomic E-state index is -0.354. The molecule has 1 saturated heterocycles. The predicted molar refractivity (Wildman–Crippen MR) is 115 cm³/mol. The lowest BCUT2D eigenvalue weighted by atomic mass is 9.74. The number of nitrogens with one attached hydrogen (secondary N) is 2. The number of H-pyrrole nitrogens is 1. The SMILES string of the molecule is O=C(NCC1(c2ccc(Cl)cc2Cl)CCOCC1)c1cc2ccccc2c(=O)[nH]1. The van der Waals surface area contributed by atoms with Gasteiger partial charge in [0.15, 0.2) is 0 Å². The van der Waals surface area contributed by atoms with Crippen molar-refractivity contribution >= 4 is 39.9 Å². The molecule has 1 amide bonds. The fraction of sp³-hybridized carbons (Fsp3) is 0.273. The third-order valence-electron chi connectivity index (χ3n) is 5.54. The smallest absolute Gasteiger partial charge is 0.267 e. The fourth-order valence-electron chi connectivity index (χ4n) is 3.90. The summed E-state index contributed by atoms with van der Waals surface area (Å²) in [6.07, 6.45) is 1.45. The van der Waals surface area contributed by atoms with Crippen LogP contribution in [0.4, 0.5) is 0 Å². The van der Waals surface area contributed by atoms with E-state index in [0.717, 1.165) is 23.8 Å². The van der Waals surface area contributed by atoms with Crippen molar-refractivity contribution in [3.05, 3.63) is 80.2 Å². The molecule has 4 rings (SSSR count). The Bertz CT molecular complexity index is 1120. The van der Waals surface area contributed by atoms with Gasteiger partial charge in [-0.15, -0.1) is 0 Å². The highest BCUT2D eigenvalue weighted by molar-refractivity contribution is 6.35. The molecule has 0 atom stereocenters. The van der Waals surface area contributed by atoms with E-state index in [4.69, 9.17) is 27.9 Å². The predicted octanol–water partition coefficient (Wildman–Crippen LogP) is 4.31.